The molecule has 0 unspecified atom stereocenters. The Kier molecular flexibility index (Phi) is 10.7. The smallest absolute Gasteiger partial charge is 0.208 e. The molecular weight excluding hydrogens is 427 g/mol. The van der Waals surface area contributed by atoms with Crippen molar-refractivity contribution < 1.29 is 8.42 Å². The number of hydrogen-bond acceptors (Lipinski definition) is 3. The molecule has 1 fully saturated rings. The van der Waals surface area contributed by atoms with Crippen molar-refractivity contribution in [2.75, 3.05) is 32.9 Å². The molecule has 138 valence electrons. The van der Waals surface area contributed by atoms with Gasteiger partial charge >= 0.3 is 0 Å². The molecule has 1 rings (SSSR count). The minimum atomic E-state index is -3.13. The van der Waals surface area contributed by atoms with Crippen LogP contribution in [0, 0.1) is 11.3 Å². The van der Waals surface area contributed by atoms with Crippen LogP contribution in [0.2, 0.25) is 0 Å². The van der Waals surface area contributed by atoms with Crippen LogP contribution in [0.5, 0.6) is 0 Å². The largest absolute Gasteiger partial charge is 0.356 e. The van der Waals surface area contributed by atoms with Gasteiger partial charge in [-0.15, -0.1) is 24.0 Å². The Bertz CT molecular complexity index is 460. The van der Waals surface area contributed by atoms with Crippen molar-refractivity contribution >= 4 is 40.0 Å². The van der Waals surface area contributed by atoms with Gasteiger partial charge < -0.3 is 10.6 Å². The van der Waals surface area contributed by atoms with E-state index in [0.29, 0.717) is 24.4 Å². The van der Waals surface area contributed by atoms with Gasteiger partial charge in [-0.25, -0.2) is 13.1 Å². The minimum Gasteiger partial charge on any atom is -0.356 e. The first-order valence-corrected chi connectivity index (χ1v) is 10.0. The predicted molar refractivity (Wildman–Crippen MR) is 108 cm³/mol. The van der Waals surface area contributed by atoms with Crippen LogP contribution in [0.4, 0.5) is 0 Å². The molecule has 0 spiro atoms. The van der Waals surface area contributed by atoms with Gasteiger partial charge in [0.1, 0.15) is 0 Å². The fourth-order valence-corrected chi connectivity index (χ4v) is 3.83. The molecule has 1 aliphatic carbocycles. The molecule has 0 aromatic rings. The number of aliphatic imine (C=N–C) groups is 1. The number of guanidine groups is 1. The summed E-state index contributed by atoms with van der Waals surface area (Å²) in [6.07, 6.45) is 7.61. The molecule has 0 heterocycles. The summed E-state index contributed by atoms with van der Waals surface area (Å²) < 4.78 is 24.5. The van der Waals surface area contributed by atoms with Gasteiger partial charge in [0, 0.05) is 26.7 Å². The Hall–Kier alpha value is -0.0900. The van der Waals surface area contributed by atoms with E-state index < -0.39 is 10.0 Å². The highest BCUT2D eigenvalue weighted by atomic mass is 127. The third-order valence-electron chi connectivity index (χ3n) is 4.14. The second kappa shape index (κ2) is 10.7. The Labute approximate surface area is 158 Å². The second-order valence-electron chi connectivity index (χ2n) is 6.82. The van der Waals surface area contributed by atoms with Gasteiger partial charge in [0.25, 0.3) is 0 Å². The third-order valence-corrected chi connectivity index (χ3v) is 4.87. The third kappa shape index (κ3) is 9.71. The van der Waals surface area contributed by atoms with Crippen molar-refractivity contribution in [3.8, 4) is 0 Å². The van der Waals surface area contributed by atoms with Crippen molar-refractivity contribution in [3.05, 3.63) is 0 Å². The van der Waals surface area contributed by atoms with Gasteiger partial charge in [0.05, 0.1) is 6.26 Å². The van der Waals surface area contributed by atoms with Crippen LogP contribution in [0.3, 0.4) is 0 Å². The van der Waals surface area contributed by atoms with E-state index >= 15 is 0 Å². The maximum Gasteiger partial charge on any atom is 0.208 e. The van der Waals surface area contributed by atoms with Crippen LogP contribution in [-0.4, -0.2) is 47.3 Å². The lowest BCUT2D eigenvalue weighted by atomic mass is 9.78. The van der Waals surface area contributed by atoms with Crippen LogP contribution in [0.25, 0.3) is 0 Å². The molecule has 0 aromatic heterocycles. The fraction of sp³-hybridized carbons (Fsp3) is 0.933. The summed E-state index contributed by atoms with van der Waals surface area (Å²) in [5.41, 5.74) is 0.386. The Morgan fingerprint density at radius 2 is 1.78 bits per heavy atom. The van der Waals surface area contributed by atoms with Crippen LogP contribution in [-0.2, 0) is 10.0 Å². The molecule has 0 radical (unpaired) electrons. The van der Waals surface area contributed by atoms with Crippen molar-refractivity contribution in [3.63, 3.8) is 0 Å². The van der Waals surface area contributed by atoms with E-state index in [1.807, 2.05) is 0 Å². The van der Waals surface area contributed by atoms with E-state index in [9.17, 15) is 8.42 Å². The van der Waals surface area contributed by atoms with Gasteiger partial charge in [-0.1, -0.05) is 26.7 Å². The van der Waals surface area contributed by atoms with E-state index in [4.69, 9.17) is 0 Å². The predicted octanol–water partition coefficient (Wildman–Crippen LogP) is 1.93. The highest BCUT2D eigenvalue weighted by Gasteiger charge is 2.34. The lowest BCUT2D eigenvalue weighted by molar-refractivity contribution is 0.235. The zero-order valence-electron chi connectivity index (χ0n) is 14.8. The van der Waals surface area contributed by atoms with Gasteiger partial charge in [-0.2, -0.15) is 0 Å². The molecule has 0 amide bonds. The van der Waals surface area contributed by atoms with Crippen LogP contribution in [0.15, 0.2) is 4.99 Å². The summed E-state index contributed by atoms with van der Waals surface area (Å²) in [6, 6.07) is 0. The Morgan fingerprint density at radius 3 is 2.26 bits per heavy atom. The number of sulfonamides is 1. The average molecular weight is 460 g/mol. The van der Waals surface area contributed by atoms with E-state index in [-0.39, 0.29) is 24.0 Å². The van der Waals surface area contributed by atoms with Gasteiger partial charge in [-0.3, -0.25) is 4.99 Å². The quantitative estimate of drug-likeness (QED) is 0.224. The number of hydrogen-bond donors (Lipinski definition) is 3. The highest BCUT2D eigenvalue weighted by Crippen LogP contribution is 2.42. The maximum atomic E-state index is 11.0. The first-order chi connectivity index (χ1) is 10.3. The number of halogens is 1. The number of nitrogens with one attached hydrogen (secondary N) is 3. The lowest BCUT2D eigenvalue weighted by Crippen LogP contribution is -2.45. The molecule has 1 saturated carbocycles. The van der Waals surface area contributed by atoms with Gasteiger partial charge in [-0.05, 0) is 30.6 Å². The summed E-state index contributed by atoms with van der Waals surface area (Å²) in [4.78, 5) is 4.21. The zero-order valence-corrected chi connectivity index (χ0v) is 18.0. The number of nitrogens with zero attached hydrogens (tertiary/aromatic N) is 1. The Balaban J connectivity index is 0.00000484. The molecule has 8 heteroatoms. The van der Waals surface area contributed by atoms with E-state index in [1.165, 1.54) is 32.1 Å². The minimum absolute atomic E-state index is 0. The van der Waals surface area contributed by atoms with Gasteiger partial charge in [0.2, 0.25) is 10.0 Å². The summed E-state index contributed by atoms with van der Waals surface area (Å²) in [7, 11) is -1.39. The van der Waals surface area contributed by atoms with Crippen molar-refractivity contribution in [1.82, 2.24) is 15.4 Å². The zero-order chi connectivity index (χ0) is 16.6. The average Bonchev–Trinajstić information content (AvgIpc) is 2.84. The van der Waals surface area contributed by atoms with Crippen molar-refractivity contribution in [2.24, 2.45) is 16.3 Å². The second-order valence-corrected chi connectivity index (χ2v) is 8.66. The van der Waals surface area contributed by atoms with Crippen molar-refractivity contribution in [1.29, 1.82) is 0 Å². The molecular formula is C15H33IN4O2S. The molecule has 3 N–H and O–H groups in total. The SMILES string of the molecule is CN=C(NCCNS(C)(=O)=O)NCC1(CC(C)C)CCCC1.I. The molecule has 1 aliphatic rings. The van der Waals surface area contributed by atoms with E-state index in [2.05, 4.69) is 34.2 Å². The highest BCUT2D eigenvalue weighted by molar-refractivity contribution is 14.0. The summed E-state index contributed by atoms with van der Waals surface area (Å²) in [5, 5.41) is 6.57. The maximum absolute atomic E-state index is 11.0. The lowest BCUT2D eigenvalue weighted by Gasteiger charge is -2.31. The first-order valence-electron chi connectivity index (χ1n) is 8.15. The number of rotatable bonds is 8. The summed E-state index contributed by atoms with van der Waals surface area (Å²) >= 11 is 0. The molecule has 23 heavy (non-hydrogen) atoms. The molecule has 6 nitrogen and oxygen atoms in total. The topological polar surface area (TPSA) is 82.6 Å². The summed E-state index contributed by atoms with van der Waals surface area (Å²) in [6.45, 7) is 6.37. The van der Waals surface area contributed by atoms with Crippen LogP contribution in [0.1, 0.15) is 46.0 Å². The normalized spacial score (nSPS) is 17.9. The van der Waals surface area contributed by atoms with Gasteiger partial charge in [0.15, 0.2) is 5.96 Å². The van der Waals surface area contributed by atoms with E-state index in [1.54, 1.807) is 7.05 Å². The first kappa shape index (κ1) is 22.9. The molecule has 0 bridgehead atoms. The molecule has 0 aromatic carbocycles. The molecule has 0 atom stereocenters. The fourth-order valence-electron chi connectivity index (χ4n) is 3.35. The monoisotopic (exact) mass is 460 g/mol. The van der Waals surface area contributed by atoms with Crippen molar-refractivity contribution in [2.45, 2.75) is 46.0 Å². The molecule has 0 aliphatic heterocycles. The van der Waals surface area contributed by atoms with Crippen LogP contribution < -0.4 is 15.4 Å². The van der Waals surface area contributed by atoms with Crippen LogP contribution >= 0.6 is 24.0 Å². The summed E-state index contributed by atoms with van der Waals surface area (Å²) in [5.74, 6) is 1.44. The van der Waals surface area contributed by atoms with E-state index in [0.717, 1.165) is 18.8 Å². The Morgan fingerprint density at radius 1 is 1.17 bits per heavy atom. The standard InChI is InChI=1S/C15H32N4O2S.HI/c1-13(2)11-15(7-5-6-8-15)12-18-14(16-3)17-9-10-19-22(4,20)21;/h13,19H,5-12H2,1-4H3,(H2,16,17,18);1H. The molecule has 0 saturated heterocycles.